The van der Waals surface area contributed by atoms with Crippen molar-refractivity contribution in [3.05, 3.63) is 29.8 Å². The summed E-state index contributed by atoms with van der Waals surface area (Å²) in [6.45, 7) is 1.08. The fourth-order valence-electron chi connectivity index (χ4n) is 1.86. The molecule has 0 aliphatic carbocycles. The molecular weight excluding hydrogens is 322 g/mol. The Morgan fingerprint density at radius 1 is 1.30 bits per heavy atom. The van der Waals surface area contributed by atoms with Gasteiger partial charge in [0.2, 0.25) is 0 Å². The molecule has 0 saturated heterocycles. The van der Waals surface area contributed by atoms with Gasteiger partial charge in [0.25, 0.3) is 15.9 Å². The van der Waals surface area contributed by atoms with Crippen molar-refractivity contribution >= 4 is 27.7 Å². The van der Waals surface area contributed by atoms with Gasteiger partial charge in [0.05, 0.1) is 4.90 Å². The minimum absolute atomic E-state index is 0.0870. The van der Waals surface area contributed by atoms with E-state index in [2.05, 4.69) is 9.71 Å². The molecule has 0 fully saturated rings. The molecule has 0 unspecified atom stereocenters. The van der Waals surface area contributed by atoms with Gasteiger partial charge in [-0.2, -0.15) is 0 Å². The van der Waals surface area contributed by atoms with Gasteiger partial charge in [0.1, 0.15) is 11.9 Å². The van der Waals surface area contributed by atoms with E-state index < -0.39 is 22.0 Å². The zero-order chi connectivity index (χ0) is 17.2. The van der Waals surface area contributed by atoms with Crippen LogP contribution in [0.1, 0.15) is 12.5 Å². The van der Waals surface area contributed by atoms with Gasteiger partial charge < -0.3 is 9.64 Å². The van der Waals surface area contributed by atoms with Crippen LogP contribution in [-0.4, -0.2) is 57.8 Å². The summed E-state index contributed by atoms with van der Waals surface area (Å²) in [5, 5.41) is 0. The van der Waals surface area contributed by atoms with Crippen molar-refractivity contribution in [3.63, 3.8) is 0 Å². The maximum absolute atomic E-state index is 11.9. The highest BCUT2D eigenvalue weighted by Gasteiger charge is 2.31. The largest absolute Gasteiger partial charge is 0.454 e. The molecule has 1 amide bonds. The van der Waals surface area contributed by atoms with Crippen LogP contribution in [0.2, 0.25) is 0 Å². The van der Waals surface area contributed by atoms with E-state index in [0.29, 0.717) is 5.56 Å². The van der Waals surface area contributed by atoms with Crippen molar-refractivity contribution in [2.45, 2.75) is 17.9 Å². The van der Waals surface area contributed by atoms with E-state index in [1.165, 1.54) is 17.9 Å². The summed E-state index contributed by atoms with van der Waals surface area (Å²) in [7, 11) is -0.565. The molecule has 1 aromatic rings. The van der Waals surface area contributed by atoms with Crippen LogP contribution in [0.4, 0.5) is 0 Å². The number of carbonyl (C=O) groups excluding carboxylic acids is 2. The first kappa shape index (κ1) is 16.9. The third-order valence-electron chi connectivity index (χ3n) is 3.16. The number of amides is 1. The maximum atomic E-state index is 11.9. The Morgan fingerprint density at radius 3 is 2.61 bits per heavy atom. The Labute approximate surface area is 134 Å². The van der Waals surface area contributed by atoms with E-state index in [1.807, 2.05) is 0 Å². The number of benzene rings is 1. The number of nitrogens with zero attached hydrogens (tertiary/aromatic N) is 2. The highest BCUT2D eigenvalue weighted by atomic mass is 32.2. The number of esters is 1. The fourth-order valence-corrected chi connectivity index (χ4v) is 3.10. The fraction of sp³-hybridized carbons (Fsp3) is 0.357. The standard InChI is InChI=1S/C14H17N3O5S/c1-9(14(19)22-8-12(18)17(2)3)15-13-10-6-4-5-7-11(10)23(20,21)16-13/h4-7,9H,8H2,1-3H3,(H,15,16)/t9-/m0/s1. The van der Waals surface area contributed by atoms with Crippen LogP contribution < -0.4 is 4.72 Å². The molecule has 1 aliphatic heterocycles. The molecule has 0 radical (unpaired) electrons. The number of hydrogen-bond donors (Lipinski definition) is 1. The van der Waals surface area contributed by atoms with Crippen LogP contribution in [0.15, 0.2) is 34.2 Å². The molecule has 1 N–H and O–H groups in total. The van der Waals surface area contributed by atoms with Crippen molar-refractivity contribution in [1.29, 1.82) is 0 Å². The second kappa shape index (κ2) is 6.37. The molecule has 0 saturated carbocycles. The van der Waals surface area contributed by atoms with Crippen LogP contribution >= 0.6 is 0 Å². The van der Waals surface area contributed by atoms with E-state index in [9.17, 15) is 18.0 Å². The SMILES string of the molecule is C[C@H](N=C1NS(=O)(=O)c2ccccc21)C(=O)OCC(=O)N(C)C. The average Bonchev–Trinajstić information content (AvgIpc) is 2.75. The third kappa shape index (κ3) is 3.67. The normalized spacial score (nSPS) is 18.0. The quantitative estimate of drug-likeness (QED) is 0.761. The summed E-state index contributed by atoms with van der Waals surface area (Å²) >= 11 is 0. The number of likely N-dealkylation sites (N-methyl/N-ethyl adjacent to an activating group) is 1. The highest BCUT2D eigenvalue weighted by molar-refractivity contribution is 7.90. The van der Waals surface area contributed by atoms with E-state index in [-0.39, 0.29) is 23.2 Å². The molecule has 124 valence electrons. The first-order chi connectivity index (χ1) is 10.7. The van der Waals surface area contributed by atoms with Crippen molar-refractivity contribution < 1.29 is 22.7 Å². The molecular formula is C14H17N3O5S. The van der Waals surface area contributed by atoms with Gasteiger partial charge in [-0.3, -0.25) is 14.5 Å². The minimum atomic E-state index is -3.66. The number of carbonyl (C=O) groups is 2. The first-order valence-electron chi connectivity index (χ1n) is 6.79. The van der Waals surface area contributed by atoms with Crippen molar-refractivity contribution in [2.75, 3.05) is 20.7 Å². The van der Waals surface area contributed by atoms with E-state index in [4.69, 9.17) is 4.74 Å². The van der Waals surface area contributed by atoms with Crippen molar-refractivity contribution in [3.8, 4) is 0 Å². The predicted octanol–water partition coefficient (Wildman–Crippen LogP) is -0.255. The lowest BCUT2D eigenvalue weighted by molar-refractivity contribution is -0.151. The van der Waals surface area contributed by atoms with Gasteiger partial charge >= 0.3 is 5.97 Å². The highest BCUT2D eigenvalue weighted by Crippen LogP contribution is 2.22. The lowest BCUT2D eigenvalue weighted by atomic mass is 10.2. The monoisotopic (exact) mass is 339 g/mol. The maximum Gasteiger partial charge on any atom is 0.331 e. The Bertz CT molecular complexity index is 770. The molecule has 2 rings (SSSR count). The molecule has 1 atom stereocenters. The topological polar surface area (TPSA) is 105 Å². The Kier molecular flexibility index (Phi) is 4.69. The minimum Gasteiger partial charge on any atom is -0.454 e. The molecule has 0 aromatic heterocycles. The van der Waals surface area contributed by atoms with Gasteiger partial charge in [-0.25, -0.2) is 13.2 Å². The molecule has 9 heteroatoms. The van der Waals surface area contributed by atoms with Crippen LogP contribution in [0.5, 0.6) is 0 Å². The van der Waals surface area contributed by atoms with E-state index in [0.717, 1.165) is 0 Å². The number of nitrogens with one attached hydrogen (secondary N) is 1. The van der Waals surface area contributed by atoms with Gasteiger partial charge in [-0.15, -0.1) is 0 Å². The summed E-state index contributed by atoms with van der Waals surface area (Å²) in [4.78, 5) is 28.7. The summed E-state index contributed by atoms with van der Waals surface area (Å²) in [5.74, 6) is -0.981. The molecule has 0 bridgehead atoms. The first-order valence-corrected chi connectivity index (χ1v) is 8.27. The number of aliphatic imine (C=N–C) groups is 1. The lowest BCUT2D eigenvalue weighted by Crippen LogP contribution is -2.31. The number of amidine groups is 1. The zero-order valence-corrected chi connectivity index (χ0v) is 13.8. The van der Waals surface area contributed by atoms with E-state index >= 15 is 0 Å². The van der Waals surface area contributed by atoms with E-state index in [1.54, 1.807) is 32.3 Å². The Morgan fingerprint density at radius 2 is 1.96 bits per heavy atom. The Hall–Kier alpha value is -2.42. The van der Waals surface area contributed by atoms with Crippen LogP contribution in [-0.2, 0) is 24.3 Å². The number of sulfonamides is 1. The molecule has 8 nitrogen and oxygen atoms in total. The number of fused-ring (bicyclic) bond motifs is 1. The van der Waals surface area contributed by atoms with Gasteiger partial charge in [-0.1, -0.05) is 12.1 Å². The zero-order valence-electron chi connectivity index (χ0n) is 12.9. The van der Waals surface area contributed by atoms with Crippen LogP contribution in [0, 0.1) is 0 Å². The smallest absolute Gasteiger partial charge is 0.331 e. The van der Waals surface area contributed by atoms with Gasteiger partial charge in [0, 0.05) is 19.7 Å². The van der Waals surface area contributed by atoms with Crippen molar-refractivity contribution in [2.24, 2.45) is 4.99 Å². The second-order valence-electron chi connectivity index (χ2n) is 5.15. The van der Waals surface area contributed by atoms with Crippen LogP contribution in [0.3, 0.4) is 0 Å². The van der Waals surface area contributed by atoms with Gasteiger partial charge in [0.15, 0.2) is 6.61 Å². The Balaban J connectivity index is 2.13. The summed E-state index contributed by atoms with van der Waals surface area (Å²) in [6.07, 6.45) is 0. The second-order valence-corrected chi connectivity index (χ2v) is 6.80. The summed E-state index contributed by atoms with van der Waals surface area (Å²) < 4.78 is 31.1. The molecule has 1 aliphatic rings. The average molecular weight is 339 g/mol. The van der Waals surface area contributed by atoms with Crippen molar-refractivity contribution in [1.82, 2.24) is 9.62 Å². The number of hydrogen-bond acceptors (Lipinski definition) is 6. The molecule has 1 heterocycles. The lowest BCUT2D eigenvalue weighted by Gasteiger charge is -2.12. The van der Waals surface area contributed by atoms with Crippen LogP contribution in [0.25, 0.3) is 0 Å². The number of rotatable bonds is 4. The predicted molar refractivity (Wildman–Crippen MR) is 82.4 cm³/mol. The van der Waals surface area contributed by atoms with Gasteiger partial charge in [-0.05, 0) is 19.1 Å². The number of ether oxygens (including phenoxy) is 1. The third-order valence-corrected chi connectivity index (χ3v) is 4.56. The molecule has 23 heavy (non-hydrogen) atoms. The summed E-state index contributed by atoms with van der Waals surface area (Å²) in [5.41, 5.74) is 0.400. The molecule has 1 aromatic carbocycles. The molecule has 0 spiro atoms. The summed E-state index contributed by atoms with van der Waals surface area (Å²) in [6, 6.07) is 5.38.